The summed E-state index contributed by atoms with van der Waals surface area (Å²) in [6.07, 6.45) is 9.97. The van der Waals surface area contributed by atoms with Gasteiger partial charge in [0, 0.05) is 19.1 Å². The van der Waals surface area contributed by atoms with E-state index in [1.807, 2.05) is 0 Å². The Bertz CT molecular complexity index is 301. The van der Waals surface area contributed by atoms with Crippen LogP contribution in [0.25, 0.3) is 0 Å². The van der Waals surface area contributed by atoms with Gasteiger partial charge in [-0.15, -0.1) is 0 Å². The molecule has 3 nitrogen and oxygen atoms in total. The molecule has 0 bridgehead atoms. The first-order valence-corrected chi connectivity index (χ1v) is 7.15. The van der Waals surface area contributed by atoms with Crippen LogP contribution in [0.4, 0.5) is 0 Å². The van der Waals surface area contributed by atoms with Crippen LogP contribution in [0.15, 0.2) is 0 Å². The average molecular weight is 237 g/mol. The molecule has 0 unspecified atom stereocenters. The van der Waals surface area contributed by atoms with Crippen LogP contribution in [0, 0.1) is 11.3 Å². The van der Waals surface area contributed by atoms with E-state index in [4.69, 9.17) is 5.11 Å². The molecule has 0 radical (unpaired) electrons. The lowest BCUT2D eigenvalue weighted by atomic mass is 9.68. The molecule has 0 amide bonds. The second kappa shape index (κ2) is 4.27. The predicted molar refractivity (Wildman–Crippen MR) is 65.9 cm³/mol. The maximum absolute atomic E-state index is 11.0. The number of carbonyl (C=O) groups is 1. The van der Waals surface area contributed by atoms with E-state index in [1.165, 1.54) is 45.2 Å². The molecule has 17 heavy (non-hydrogen) atoms. The normalized spacial score (nSPS) is 36.9. The van der Waals surface area contributed by atoms with Crippen molar-refractivity contribution in [2.75, 3.05) is 13.1 Å². The molecule has 96 valence electrons. The first kappa shape index (κ1) is 11.5. The van der Waals surface area contributed by atoms with E-state index in [9.17, 15) is 4.79 Å². The highest BCUT2D eigenvalue weighted by molar-refractivity contribution is 5.70. The van der Waals surface area contributed by atoms with Crippen LogP contribution >= 0.6 is 0 Å². The van der Waals surface area contributed by atoms with Crippen LogP contribution < -0.4 is 0 Å². The molecular weight excluding hydrogens is 214 g/mol. The zero-order valence-electron chi connectivity index (χ0n) is 10.5. The number of carboxylic acid groups (broad SMARTS) is 1. The van der Waals surface area contributed by atoms with E-state index in [0.29, 0.717) is 11.5 Å². The highest BCUT2D eigenvalue weighted by Crippen LogP contribution is 2.46. The molecule has 1 N–H and O–H groups in total. The van der Waals surface area contributed by atoms with E-state index in [0.717, 1.165) is 19.3 Å². The van der Waals surface area contributed by atoms with Gasteiger partial charge in [0.15, 0.2) is 0 Å². The Morgan fingerprint density at radius 3 is 2.41 bits per heavy atom. The number of aliphatic carboxylic acids is 1. The van der Waals surface area contributed by atoms with Gasteiger partial charge in [-0.25, -0.2) is 0 Å². The van der Waals surface area contributed by atoms with Crippen LogP contribution in [-0.2, 0) is 4.79 Å². The molecule has 2 aliphatic carbocycles. The molecule has 3 aliphatic rings. The van der Waals surface area contributed by atoms with Gasteiger partial charge in [-0.1, -0.05) is 19.3 Å². The Kier molecular flexibility index (Phi) is 2.89. The van der Waals surface area contributed by atoms with Gasteiger partial charge in [-0.3, -0.25) is 9.69 Å². The highest BCUT2D eigenvalue weighted by Gasteiger charge is 2.47. The summed E-state index contributed by atoms with van der Waals surface area (Å²) in [5, 5.41) is 9.03. The van der Waals surface area contributed by atoms with Crippen LogP contribution in [0.1, 0.15) is 51.4 Å². The van der Waals surface area contributed by atoms with Gasteiger partial charge in [0.25, 0.3) is 0 Å². The van der Waals surface area contributed by atoms with Crippen molar-refractivity contribution in [2.45, 2.75) is 57.4 Å². The van der Waals surface area contributed by atoms with Gasteiger partial charge >= 0.3 is 5.97 Å². The minimum absolute atomic E-state index is 0.0668. The molecule has 1 spiro atoms. The summed E-state index contributed by atoms with van der Waals surface area (Å²) in [6.45, 7) is 2.51. The van der Waals surface area contributed by atoms with E-state index in [1.54, 1.807) is 0 Å². The zero-order chi connectivity index (χ0) is 11.9. The third kappa shape index (κ3) is 2.10. The quantitative estimate of drug-likeness (QED) is 0.802. The molecule has 0 aromatic heterocycles. The lowest BCUT2D eigenvalue weighted by Gasteiger charge is -2.55. The zero-order valence-corrected chi connectivity index (χ0v) is 10.5. The Hall–Kier alpha value is -0.570. The summed E-state index contributed by atoms with van der Waals surface area (Å²) in [5.41, 5.74) is 0.638. The lowest BCUT2D eigenvalue weighted by molar-refractivity contribution is -0.141. The van der Waals surface area contributed by atoms with Crippen molar-refractivity contribution in [3.05, 3.63) is 0 Å². The first-order chi connectivity index (χ1) is 8.19. The molecule has 3 heteroatoms. The van der Waals surface area contributed by atoms with E-state index >= 15 is 0 Å². The predicted octanol–water partition coefficient (Wildman–Crippen LogP) is 2.51. The van der Waals surface area contributed by atoms with Crippen LogP contribution in [0.3, 0.4) is 0 Å². The first-order valence-electron chi connectivity index (χ1n) is 7.15. The third-order valence-electron chi connectivity index (χ3n) is 5.26. The Labute approximate surface area is 103 Å². The molecule has 1 heterocycles. The summed E-state index contributed by atoms with van der Waals surface area (Å²) in [4.78, 5) is 13.5. The summed E-state index contributed by atoms with van der Waals surface area (Å²) >= 11 is 0. The molecule has 0 aromatic carbocycles. The summed E-state index contributed by atoms with van der Waals surface area (Å²) in [5.74, 6) is -0.650. The maximum Gasteiger partial charge on any atom is 0.306 e. The van der Waals surface area contributed by atoms with E-state index < -0.39 is 5.97 Å². The molecule has 0 aromatic rings. The molecule has 1 aliphatic heterocycles. The summed E-state index contributed by atoms with van der Waals surface area (Å²) < 4.78 is 0. The standard InChI is InChI=1S/C14H23NO2/c16-13(17)11-4-5-12(8-11)15-9-14(10-15)6-2-1-3-7-14/h11-12H,1-10H2,(H,16,17)/t11-,12+/m1/s1. The Morgan fingerprint density at radius 1 is 1.12 bits per heavy atom. The molecule has 1 saturated heterocycles. The molecule has 2 saturated carbocycles. The number of nitrogens with zero attached hydrogens (tertiary/aromatic N) is 1. The number of hydrogen-bond donors (Lipinski definition) is 1. The van der Waals surface area contributed by atoms with Crippen LogP contribution in [0.5, 0.6) is 0 Å². The molecular formula is C14H23NO2. The third-order valence-corrected chi connectivity index (χ3v) is 5.26. The number of hydrogen-bond acceptors (Lipinski definition) is 2. The van der Waals surface area contributed by atoms with E-state index in [2.05, 4.69) is 4.90 Å². The lowest BCUT2D eigenvalue weighted by Crippen LogP contribution is -2.59. The van der Waals surface area contributed by atoms with Crippen LogP contribution in [0.2, 0.25) is 0 Å². The number of likely N-dealkylation sites (tertiary alicyclic amines) is 1. The van der Waals surface area contributed by atoms with Gasteiger partial charge < -0.3 is 5.11 Å². The van der Waals surface area contributed by atoms with Crippen molar-refractivity contribution in [3.8, 4) is 0 Å². The van der Waals surface area contributed by atoms with Crippen molar-refractivity contribution in [2.24, 2.45) is 11.3 Å². The minimum atomic E-state index is -0.583. The Balaban J connectivity index is 1.51. The van der Waals surface area contributed by atoms with Crippen molar-refractivity contribution in [1.29, 1.82) is 0 Å². The van der Waals surface area contributed by atoms with Gasteiger partial charge in [0.1, 0.15) is 0 Å². The largest absolute Gasteiger partial charge is 0.481 e. The number of rotatable bonds is 2. The second-order valence-corrected chi connectivity index (χ2v) is 6.47. The molecule has 3 fully saturated rings. The fourth-order valence-electron chi connectivity index (χ4n) is 4.21. The van der Waals surface area contributed by atoms with E-state index in [-0.39, 0.29) is 5.92 Å². The SMILES string of the molecule is O=C(O)[C@@H]1CC[C@H](N2CC3(CCCCC3)C2)C1. The van der Waals surface area contributed by atoms with Crippen molar-refractivity contribution in [3.63, 3.8) is 0 Å². The minimum Gasteiger partial charge on any atom is -0.481 e. The van der Waals surface area contributed by atoms with Crippen molar-refractivity contribution < 1.29 is 9.90 Å². The van der Waals surface area contributed by atoms with Crippen LogP contribution in [-0.4, -0.2) is 35.1 Å². The van der Waals surface area contributed by atoms with Crippen molar-refractivity contribution in [1.82, 2.24) is 4.90 Å². The topological polar surface area (TPSA) is 40.5 Å². The second-order valence-electron chi connectivity index (χ2n) is 6.47. The highest BCUT2D eigenvalue weighted by atomic mass is 16.4. The van der Waals surface area contributed by atoms with Gasteiger partial charge in [0.05, 0.1) is 5.92 Å². The van der Waals surface area contributed by atoms with Gasteiger partial charge in [-0.05, 0) is 37.5 Å². The Morgan fingerprint density at radius 2 is 1.82 bits per heavy atom. The van der Waals surface area contributed by atoms with Gasteiger partial charge in [-0.2, -0.15) is 0 Å². The maximum atomic E-state index is 11.0. The fraction of sp³-hybridized carbons (Fsp3) is 0.929. The van der Waals surface area contributed by atoms with Gasteiger partial charge in [0.2, 0.25) is 0 Å². The molecule has 3 rings (SSSR count). The fourth-order valence-corrected chi connectivity index (χ4v) is 4.21. The summed E-state index contributed by atoms with van der Waals surface area (Å²) in [7, 11) is 0. The molecule has 2 atom stereocenters. The van der Waals surface area contributed by atoms with Crippen molar-refractivity contribution >= 4 is 5.97 Å². The average Bonchev–Trinajstić information content (AvgIpc) is 2.76. The number of carboxylic acids is 1. The smallest absolute Gasteiger partial charge is 0.306 e. The monoisotopic (exact) mass is 237 g/mol. The summed E-state index contributed by atoms with van der Waals surface area (Å²) in [6, 6.07) is 0.573.